The lowest BCUT2D eigenvalue weighted by Crippen LogP contribution is -2.49. The van der Waals surface area contributed by atoms with Crippen molar-refractivity contribution < 1.29 is 9.53 Å². The molecule has 16 heavy (non-hydrogen) atoms. The van der Waals surface area contributed by atoms with E-state index in [4.69, 9.17) is 4.74 Å². The summed E-state index contributed by atoms with van der Waals surface area (Å²) in [5.74, 6) is 0.797. The number of amides is 2. The van der Waals surface area contributed by atoms with E-state index in [1.165, 1.54) is 25.7 Å². The second-order valence-electron chi connectivity index (χ2n) is 5.21. The van der Waals surface area contributed by atoms with E-state index < -0.39 is 0 Å². The minimum atomic E-state index is 0.262. The summed E-state index contributed by atoms with van der Waals surface area (Å²) in [5.41, 5.74) is 0. The van der Waals surface area contributed by atoms with Crippen molar-refractivity contribution in [2.45, 2.75) is 31.7 Å². The van der Waals surface area contributed by atoms with E-state index in [2.05, 4.69) is 4.90 Å². The average molecular weight is 224 g/mol. The third kappa shape index (κ3) is 2.32. The van der Waals surface area contributed by atoms with Crippen molar-refractivity contribution in [3.8, 4) is 0 Å². The third-order valence-electron chi connectivity index (χ3n) is 3.67. The number of rotatable bonds is 3. The number of carbonyl (C=O) groups is 1. The third-order valence-corrected chi connectivity index (χ3v) is 3.67. The fourth-order valence-corrected chi connectivity index (χ4v) is 2.28. The molecule has 0 aromatic rings. The van der Waals surface area contributed by atoms with Crippen LogP contribution in [-0.2, 0) is 4.74 Å². The molecule has 4 heteroatoms. The van der Waals surface area contributed by atoms with Gasteiger partial charge in [-0.05, 0) is 31.6 Å². The Labute approximate surface area is 96.5 Å². The highest BCUT2D eigenvalue weighted by molar-refractivity contribution is 5.75. The predicted molar refractivity (Wildman–Crippen MR) is 60.2 cm³/mol. The highest BCUT2D eigenvalue weighted by Gasteiger charge is 2.38. The van der Waals surface area contributed by atoms with Crippen LogP contribution in [0.25, 0.3) is 0 Å². The number of carbonyl (C=O) groups excluding carboxylic acids is 1. The Hall–Kier alpha value is -0.770. The topological polar surface area (TPSA) is 32.8 Å². The molecule has 2 aliphatic carbocycles. The van der Waals surface area contributed by atoms with E-state index in [-0.39, 0.29) is 6.03 Å². The van der Waals surface area contributed by atoms with Gasteiger partial charge in [0.1, 0.15) is 0 Å². The summed E-state index contributed by atoms with van der Waals surface area (Å²) in [6.07, 6.45) is 5.06. The fourth-order valence-electron chi connectivity index (χ4n) is 2.28. The Bertz CT molecular complexity index is 268. The number of morpholine rings is 1. The molecule has 0 N–H and O–H groups in total. The summed E-state index contributed by atoms with van der Waals surface area (Å²) in [7, 11) is 0. The normalized spacial score (nSPS) is 25.6. The molecule has 0 aromatic carbocycles. The van der Waals surface area contributed by atoms with Crippen molar-refractivity contribution in [3.05, 3.63) is 0 Å². The molecule has 2 amide bonds. The first-order valence-corrected chi connectivity index (χ1v) is 6.48. The summed E-state index contributed by atoms with van der Waals surface area (Å²) < 4.78 is 5.29. The molecule has 0 aromatic heterocycles. The molecule has 0 bridgehead atoms. The summed E-state index contributed by atoms with van der Waals surface area (Å²) in [6.45, 7) is 3.95. The second kappa shape index (κ2) is 4.24. The van der Waals surface area contributed by atoms with Crippen LogP contribution in [0.5, 0.6) is 0 Å². The van der Waals surface area contributed by atoms with Crippen LogP contribution in [0.15, 0.2) is 0 Å². The van der Waals surface area contributed by atoms with E-state index >= 15 is 0 Å². The zero-order chi connectivity index (χ0) is 11.0. The van der Waals surface area contributed by atoms with Gasteiger partial charge in [0.25, 0.3) is 0 Å². The van der Waals surface area contributed by atoms with Gasteiger partial charge in [-0.25, -0.2) is 4.79 Å². The van der Waals surface area contributed by atoms with Crippen LogP contribution in [0, 0.1) is 5.92 Å². The first-order valence-electron chi connectivity index (χ1n) is 6.48. The van der Waals surface area contributed by atoms with Crippen LogP contribution in [0.1, 0.15) is 25.7 Å². The minimum absolute atomic E-state index is 0.262. The molecule has 0 atom stereocenters. The van der Waals surface area contributed by atoms with E-state index in [1.54, 1.807) is 0 Å². The smallest absolute Gasteiger partial charge is 0.320 e. The molecule has 90 valence electrons. The molecule has 2 saturated carbocycles. The summed E-state index contributed by atoms with van der Waals surface area (Å²) in [4.78, 5) is 16.4. The van der Waals surface area contributed by atoms with Gasteiger partial charge < -0.3 is 14.5 Å². The van der Waals surface area contributed by atoms with Crippen LogP contribution < -0.4 is 0 Å². The summed E-state index contributed by atoms with van der Waals surface area (Å²) >= 11 is 0. The Kier molecular flexibility index (Phi) is 2.75. The van der Waals surface area contributed by atoms with Gasteiger partial charge in [0.15, 0.2) is 0 Å². The van der Waals surface area contributed by atoms with Crippen molar-refractivity contribution in [3.63, 3.8) is 0 Å². The van der Waals surface area contributed by atoms with Crippen LogP contribution >= 0.6 is 0 Å². The number of ether oxygens (including phenoxy) is 1. The lowest BCUT2D eigenvalue weighted by atomic mass is 10.3. The molecule has 3 rings (SSSR count). The van der Waals surface area contributed by atoms with E-state index in [9.17, 15) is 4.79 Å². The Morgan fingerprint density at radius 1 is 1.19 bits per heavy atom. The van der Waals surface area contributed by atoms with Gasteiger partial charge in [-0.15, -0.1) is 0 Å². The number of urea groups is 1. The summed E-state index contributed by atoms with van der Waals surface area (Å²) in [5, 5.41) is 0. The highest BCUT2D eigenvalue weighted by atomic mass is 16.5. The first kappa shape index (κ1) is 10.4. The van der Waals surface area contributed by atoms with E-state index in [0.717, 1.165) is 25.6 Å². The lowest BCUT2D eigenvalue weighted by molar-refractivity contribution is 0.0421. The van der Waals surface area contributed by atoms with Crippen molar-refractivity contribution in [1.29, 1.82) is 0 Å². The van der Waals surface area contributed by atoms with Crippen molar-refractivity contribution in [2.75, 3.05) is 32.8 Å². The van der Waals surface area contributed by atoms with Crippen molar-refractivity contribution in [1.82, 2.24) is 9.80 Å². The van der Waals surface area contributed by atoms with E-state index in [1.807, 2.05) is 4.90 Å². The first-order chi connectivity index (χ1) is 7.84. The van der Waals surface area contributed by atoms with Gasteiger partial charge >= 0.3 is 6.03 Å². The minimum Gasteiger partial charge on any atom is -0.378 e. The van der Waals surface area contributed by atoms with Crippen LogP contribution in [0.4, 0.5) is 4.79 Å². The SMILES string of the molecule is O=C(N1CCOCC1)N(CC1CC1)C1CC1. The van der Waals surface area contributed by atoms with Gasteiger partial charge in [0.2, 0.25) is 0 Å². The van der Waals surface area contributed by atoms with Gasteiger partial charge in [0.05, 0.1) is 13.2 Å². The van der Waals surface area contributed by atoms with Crippen LogP contribution in [-0.4, -0.2) is 54.7 Å². The number of hydrogen-bond donors (Lipinski definition) is 0. The average Bonchev–Trinajstić information content (AvgIpc) is 3.16. The largest absolute Gasteiger partial charge is 0.378 e. The second-order valence-corrected chi connectivity index (χ2v) is 5.21. The molecule has 1 heterocycles. The summed E-state index contributed by atoms with van der Waals surface area (Å²) in [6, 6.07) is 0.814. The fraction of sp³-hybridized carbons (Fsp3) is 0.917. The standard InChI is InChI=1S/C12H20N2O2/c15-12(13-5-7-16-8-6-13)14(11-3-4-11)9-10-1-2-10/h10-11H,1-9H2. The lowest BCUT2D eigenvalue weighted by Gasteiger charge is -2.33. The number of nitrogens with zero attached hydrogens (tertiary/aromatic N) is 2. The molecule has 0 spiro atoms. The molecule has 0 unspecified atom stereocenters. The van der Waals surface area contributed by atoms with Crippen LogP contribution in [0.3, 0.4) is 0 Å². The Morgan fingerprint density at radius 3 is 2.44 bits per heavy atom. The van der Waals surface area contributed by atoms with Crippen molar-refractivity contribution in [2.24, 2.45) is 5.92 Å². The number of hydrogen-bond acceptors (Lipinski definition) is 2. The zero-order valence-corrected chi connectivity index (χ0v) is 9.73. The van der Waals surface area contributed by atoms with E-state index in [0.29, 0.717) is 19.3 Å². The molecule has 1 saturated heterocycles. The predicted octanol–water partition coefficient (Wildman–Crippen LogP) is 1.31. The van der Waals surface area contributed by atoms with Gasteiger partial charge in [0, 0.05) is 25.7 Å². The zero-order valence-electron chi connectivity index (χ0n) is 9.73. The van der Waals surface area contributed by atoms with Gasteiger partial charge in [-0.3, -0.25) is 0 Å². The maximum atomic E-state index is 12.3. The Balaban J connectivity index is 1.59. The maximum Gasteiger partial charge on any atom is 0.320 e. The quantitative estimate of drug-likeness (QED) is 0.724. The van der Waals surface area contributed by atoms with Gasteiger partial charge in [-0.2, -0.15) is 0 Å². The molecule has 3 fully saturated rings. The highest BCUT2D eigenvalue weighted by Crippen LogP contribution is 2.35. The monoisotopic (exact) mass is 224 g/mol. The molecule has 4 nitrogen and oxygen atoms in total. The van der Waals surface area contributed by atoms with Crippen LogP contribution in [0.2, 0.25) is 0 Å². The molecule has 0 radical (unpaired) electrons. The Morgan fingerprint density at radius 2 is 1.88 bits per heavy atom. The van der Waals surface area contributed by atoms with Crippen molar-refractivity contribution >= 4 is 6.03 Å². The molecular weight excluding hydrogens is 204 g/mol. The molecule has 3 aliphatic rings. The molecule has 1 aliphatic heterocycles. The maximum absolute atomic E-state index is 12.3. The van der Waals surface area contributed by atoms with Gasteiger partial charge in [-0.1, -0.05) is 0 Å². The molecular formula is C12H20N2O2.